The van der Waals surface area contributed by atoms with E-state index in [0.29, 0.717) is 19.5 Å². The van der Waals surface area contributed by atoms with Crippen LogP contribution in [-0.2, 0) is 16.6 Å². The summed E-state index contributed by atoms with van der Waals surface area (Å²) in [7, 11) is -3.79. The molecule has 0 aromatic carbocycles. The lowest BCUT2D eigenvalue weighted by Gasteiger charge is -2.22. The molecule has 3 N–H and O–H groups in total. The Bertz CT molecular complexity index is 1220. The topological polar surface area (TPSA) is 152 Å². The molecule has 32 heavy (non-hydrogen) atoms. The zero-order valence-electron chi connectivity index (χ0n) is 18.5. The smallest absolute Gasteiger partial charge is 0.330 e. The van der Waals surface area contributed by atoms with Crippen molar-refractivity contribution < 1.29 is 17.6 Å². The number of nitrogens with zero attached hydrogens (tertiary/aromatic N) is 3. The van der Waals surface area contributed by atoms with Gasteiger partial charge in [0.15, 0.2) is 11.4 Å². The Morgan fingerprint density at radius 2 is 1.91 bits per heavy atom. The molecule has 1 amide bonds. The Balaban J connectivity index is 2.02. The molecular weight excluding hydrogens is 438 g/mol. The van der Waals surface area contributed by atoms with Gasteiger partial charge in [-0.2, -0.15) is 4.31 Å². The maximum Gasteiger partial charge on any atom is 0.330 e. The summed E-state index contributed by atoms with van der Waals surface area (Å²) in [4.78, 5) is 41.2. The SMILES string of the molecule is CCCCn1c(N)c(N(CC)C(=O)c2cc(S(=O)(=O)N3CCCC3)c(C)o2)c(=O)[nH]c1=O. The average molecular weight is 468 g/mol. The normalized spacial score (nSPS) is 14.7. The van der Waals surface area contributed by atoms with Crippen LogP contribution in [0.25, 0.3) is 0 Å². The highest BCUT2D eigenvalue weighted by atomic mass is 32.2. The number of furan rings is 1. The molecule has 176 valence electrons. The van der Waals surface area contributed by atoms with Gasteiger partial charge in [0.2, 0.25) is 10.0 Å². The molecule has 2 aromatic rings. The minimum Gasteiger partial charge on any atom is -0.455 e. The van der Waals surface area contributed by atoms with Crippen LogP contribution in [0.5, 0.6) is 0 Å². The molecule has 1 saturated heterocycles. The number of nitrogens with two attached hydrogens (primary N) is 1. The van der Waals surface area contributed by atoms with E-state index in [1.54, 1.807) is 6.92 Å². The van der Waals surface area contributed by atoms with Crippen molar-refractivity contribution in [2.24, 2.45) is 0 Å². The molecule has 2 aromatic heterocycles. The van der Waals surface area contributed by atoms with E-state index >= 15 is 0 Å². The summed E-state index contributed by atoms with van der Waals surface area (Å²) >= 11 is 0. The molecule has 0 aliphatic carbocycles. The first-order valence-electron chi connectivity index (χ1n) is 10.7. The molecule has 3 rings (SSSR count). The summed E-state index contributed by atoms with van der Waals surface area (Å²) in [5.41, 5.74) is 4.49. The van der Waals surface area contributed by atoms with Crippen molar-refractivity contribution in [2.75, 3.05) is 30.3 Å². The van der Waals surface area contributed by atoms with Gasteiger partial charge in [0.1, 0.15) is 16.5 Å². The van der Waals surface area contributed by atoms with Gasteiger partial charge in [-0.25, -0.2) is 13.2 Å². The second kappa shape index (κ2) is 9.33. The Kier molecular flexibility index (Phi) is 6.94. The molecule has 0 radical (unpaired) electrons. The van der Waals surface area contributed by atoms with Gasteiger partial charge in [0.05, 0.1) is 0 Å². The molecule has 0 spiro atoms. The van der Waals surface area contributed by atoms with Crippen molar-refractivity contribution in [2.45, 2.75) is 57.9 Å². The summed E-state index contributed by atoms with van der Waals surface area (Å²) in [5, 5.41) is 0. The van der Waals surface area contributed by atoms with Gasteiger partial charge >= 0.3 is 5.69 Å². The number of nitrogen functional groups attached to an aromatic ring is 1. The third kappa shape index (κ3) is 4.24. The summed E-state index contributed by atoms with van der Waals surface area (Å²) in [5.74, 6) is -0.995. The van der Waals surface area contributed by atoms with E-state index in [-0.39, 0.29) is 41.0 Å². The fraction of sp³-hybridized carbons (Fsp3) is 0.550. The number of hydrogen-bond acceptors (Lipinski definition) is 7. The molecule has 12 heteroatoms. The van der Waals surface area contributed by atoms with E-state index in [4.69, 9.17) is 10.2 Å². The van der Waals surface area contributed by atoms with Gasteiger partial charge in [-0.3, -0.25) is 24.0 Å². The first kappa shape index (κ1) is 23.8. The molecule has 0 saturated carbocycles. The lowest BCUT2D eigenvalue weighted by Crippen LogP contribution is -2.41. The number of unbranched alkanes of at least 4 members (excludes halogenated alkanes) is 1. The number of carbonyl (C=O) groups is 1. The predicted octanol–water partition coefficient (Wildman–Crippen LogP) is 1.27. The highest BCUT2D eigenvalue weighted by molar-refractivity contribution is 7.89. The maximum atomic E-state index is 13.2. The third-order valence-electron chi connectivity index (χ3n) is 5.55. The number of sulfonamides is 1. The number of aromatic nitrogens is 2. The molecule has 1 fully saturated rings. The van der Waals surface area contributed by atoms with Crippen LogP contribution in [0, 0.1) is 6.92 Å². The average Bonchev–Trinajstić information content (AvgIpc) is 3.41. The highest BCUT2D eigenvalue weighted by Crippen LogP contribution is 2.28. The first-order chi connectivity index (χ1) is 15.1. The Morgan fingerprint density at radius 1 is 1.25 bits per heavy atom. The van der Waals surface area contributed by atoms with E-state index < -0.39 is 27.2 Å². The Morgan fingerprint density at radius 3 is 2.50 bits per heavy atom. The van der Waals surface area contributed by atoms with Crippen molar-refractivity contribution >= 4 is 27.4 Å². The van der Waals surface area contributed by atoms with Crippen molar-refractivity contribution in [1.29, 1.82) is 0 Å². The number of amides is 1. The molecular formula is C20H29N5O6S. The van der Waals surface area contributed by atoms with E-state index in [1.165, 1.54) is 21.9 Å². The van der Waals surface area contributed by atoms with Crippen LogP contribution in [0.15, 0.2) is 25.0 Å². The van der Waals surface area contributed by atoms with E-state index in [2.05, 4.69) is 4.98 Å². The number of carbonyl (C=O) groups excluding carboxylic acids is 1. The summed E-state index contributed by atoms with van der Waals surface area (Å²) in [6, 6.07) is 1.19. The van der Waals surface area contributed by atoms with Crippen molar-refractivity contribution in [1.82, 2.24) is 13.9 Å². The van der Waals surface area contributed by atoms with Crippen molar-refractivity contribution in [3.8, 4) is 0 Å². The number of rotatable bonds is 8. The van der Waals surface area contributed by atoms with Gasteiger partial charge in [-0.1, -0.05) is 13.3 Å². The summed E-state index contributed by atoms with van der Waals surface area (Å²) < 4.78 is 33.9. The summed E-state index contributed by atoms with van der Waals surface area (Å²) in [6.45, 7) is 6.23. The van der Waals surface area contributed by atoms with Gasteiger partial charge in [-0.15, -0.1) is 0 Å². The van der Waals surface area contributed by atoms with Crippen LogP contribution >= 0.6 is 0 Å². The van der Waals surface area contributed by atoms with Crippen LogP contribution in [0.3, 0.4) is 0 Å². The fourth-order valence-electron chi connectivity index (χ4n) is 3.81. The molecule has 1 aliphatic rings. The second-order valence-electron chi connectivity index (χ2n) is 7.69. The van der Waals surface area contributed by atoms with E-state index in [9.17, 15) is 22.8 Å². The summed E-state index contributed by atoms with van der Waals surface area (Å²) in [6.07, 6.45) is 3.02. The van der Waals surface area contributed by atoms with Gasteiger partial charge < -0.3 is 10.2 Å². The molecule has 0 atom stereocenters. The number of nitrogens with one attached hydrogen (secondary N) is 1. The lowest BCUT2D eigenvalue weighted by molar-refractivity contribution is 0.0960. The molecule has 0 bridgehead atoms. The molecule has 11 nitrogen and oxygen atoms in total. The molecule has 1 aliphatic heterocycles. The molecule has 0 unspecified atom stereocenters. The minimum atomic E-state index is -3.79. The quantitative estimate of drug-likeness (QED) is 0.593. The van der Waals surface area contributed by atoms with Crippen LogP contribution in [0.4, 0.5) is 11.5 Å². The standard InChI is InChI=1S/C20H29N5O6S/c1-4-6-11-25-17(21)16(18(26)22-20(25)28)24(5-2)19(27)14-12-15(13(3)31-14)32(29,30)23-9-7-8-10-23/h12H,4-11,21H2,1-3H3,(H,22,26,28). The van der Waals surface area contributed by atoms with Crippen LogP contribution in [0.2, 0.25) is 0 Å². The monoisotopic (exact) mass is 467 g/mol. The number of aromatic amines is 1. The molecule has 3 heterocycles. The fourth-order valence-corrected chi connectivity index (χ4v) is 5.49. The lowest BCUT2D eigenvalue weighted by atomic mass is 10.3. The zero-order valence-corrected chi connectivity index (χ0v) is 19.3. The first-order valence-corrected chi connectivity index (χ1v) is 12.1. The minimum absolute atomic E-state index is 0.0477. The van der Waals surface area contributed by atoms with Crippen LogP contribution in [-0.4, -0.2) is 47.8 Å². The number of aryl methyl sites for hydroxylation is 1. The largest absolute Gasteiger partial charge is 0.455 e. The number of hydrogen-bond donors (Lipinski definition) is 2. The van der Waals surface area contributed by atoms with Gasteiger partial charge in [0, 0.05) is 32.2 Å². The van der Waals surface area contributed by atoms with Crippen molar-refractivity contribution in [3.05, 3.63) is 38.4 Å². The number of H-pyrrole nitrogens is 1. The van der Waals surface area contributed by atoms with Crippen molar-refractivity contribution in [3.63, 3.8) is 0 Å². The Hall–Kier alpha value is -2.86. The van der Waals surface area contributed by atoms with Crippen LogP contribution < -0.4 is 21.9 Å². The second-order valence-corrected chi connectivity index (χ2v) is 9.60. The Labute approximate surface area is 185 Å². The van der Waals surface area contributed by atoms with E-state index in [0.717, 1.165) is 24.2 Å². The zero-order chi connectivity index (χ0) is 23.6. The van der Waals surface area contributed by atoms with E-state index in [1.807, 2.05) is 6.92 Å². The number of anilines is 2. The van der Waals surface area contributed by atoms with Crippen LogP contribution in [0.1, 0.15) is 55.8 Å². The maximum absolute atomic E-state index is 13.2. The van der Waals surface area contributed by atoms with Gasteiger partial charge in [-0.05, 0) is 33.1 Å². The van der Waals surface area contributed by atoms with Gasteiger partial charge in [0.25, 0.3) is 11.5 Å². The highest BCUT2D eigenvalue weighted by Gasteiger charge is 2.33. The predicted molar refractivity (Wildman–Crippen MR) is 119 cm³/mol. The third-order valence-corrected chi connectivity index (χ3v) is 7.55.